The van der Waals surface area contributed by atoms with Gasteiger partial charge in [-0.05, 0) is 13.5 Å². The molecule has 0 atom stereocenters. The van der Waals surface area contributed by atoms with Gasteiger partial charge in [0, 0.05) is 31.5 Å². The number of rotatable bonds is 7. The van der Waals surface area contributed by atoms with Crippen LogP contribution in [0.15, 0.2) is 0 Å². The van der Waals surface area contributed by atoms with Gasteiger partial charge < -0.3 is 15.3 Å². The average Bonchev–Trinajstić information content (AvgIpc) is 2.20. The van der Waals surface area contributed by atoms with E-state index in [0.29, 0.717) is 19.5 Å². The van der Waals surface area contributed by atoms with Gasteiger partial charge >= 0.3 is 5.97 Å². The number of carboxylic acid groups (broad SMARTS) is 1. The van der Waals surface area contributed by atoms with Crippen LogP contribution in [0.5, 0.6) is 0 Å². The quantitative estimate of drug-likeness (QED) is 0.699. The molecule has 0 aromatic rings. The molecule has 0 aromatic carbocycles. The van der Waals surface area contributed by atoms with Gasteiger partial charge in [0.05, 0.1) is 0 Å². The first kappa shape index (κ1) is 15.9. The third-order valence-corrected chi connectivity index (χ3v) is 2.38. The van der Waals surface area contributed by atoms with E-state index in [4.69, 9.17) is 5.11 Å². The van der Waals surface area contributed by atoms with Gasteiger partial charge in [-0.25, -0.2) is 0 Å². The monoisotopic (exact) mass is 244 g/mol. The van der Waals surface area contributed by atoms with Crippen molar-refractivity contribution >= 4 is 11.9 Å². The van der Waals surface area contributed by atoms with E-state index in [1.807, 2.05) is 27.8 Å². The Morgan fingerprint density at radius 1 is 1.24 bits per heavy atom. The minimum absolute atomic E-state index is 0.0677. The number of carbonyl (C=O) groups excluding carboxylic acids is 1. The fourth-order valence-corrected chi connectivity index (χ4v) is 1.46. The third-order valence-electron chi connectivity index (χ3n) is 2.38. The van der Waals surface area contributed by atoms with Gasteiger partial charge in [0.15, 0.2) is 0 Å². The number of aliphatic carboxylic acids is 1. The zero-order valence-corrected chi connectivity index (χ0v) is 11.2. The molecule has 1 amide bonds. The molecular weight excluding hydrogens is 220 g/mol. The van der Waals surface area contributed by atoms with Crippen LogP contribution >= 0.6 is 0 Å². The largest absolute Gasteiger partial charge is 0.481 e. The molecule has 0 fully saturated rings. The number of nitrogens with one attached hydrogen (secondary N) is 1. The van der Waals surface area contributed by atoms with Gasteiger partial charge in [0.25, 0.3) is 0 Å². The lowest BCUT2D eigenvalue weighted by Gasteiger charge is -2.29. The summed E-state index contributed by atoms with van der Waals surface area (Å²) in [5.41, 5.74) is -0.420. The molecule has 17 heavy (non-hydrogen) atoms. The molecule has 100 valence electrons. The van der Waals surface area contributed by atoms with E-state index < -0.39 is 11.4 Å². The predicted octanol–water partition coefficient (Wildman–Crippen LogP) is 0.945. The normalized spacial score (nSPS) is 11.3. The summed E-state index contributed by atoms with van der Waals surface area (Å²) >= 11 is 0. The van der Waals surface area contributed by atoms with E-state index in [-0.39, 0.29) is 12.3 Å². The lowest BCUT2D eigenvalue weighted by Crippen LogP contribution is -2.43. The second-order valence-electron chi connectivity index (χ2n) is 5.14. The van der Waals surface area contributed by atoms with Gasteiger partial charge in [-0.2, -0.15) is 0 Å². The maximum absolute atomic E-state index is 12.1. The summed E-state index contributed by atoms with van der Waals surface area (Å²) in [5, 5.41) is 11.6. The molecule has 0 rings (SSSR count). The average molecular weight is 244 g/mol. The number of hydrogen-bond acceptors (Lipinski definition) is 3. The summed E-state index contributed by atoms with van der Waals surface area (Å²) in [4.78, 5) is 24.3. The number of carbonyl (C=O) groups is 2. The predicted molar refractivity (Wildman–Crippen MR) is 66.8 cm³/mol. The lowest BCUT2D eigenvalue weighted by molar-refractivity contribution is -0.141. The van der Waals surface area contributed by atoms with Crippen LogP contribution in [-0.2, 0) is 9.59 Å². The number of likely N-dealkylation sites (N-methyl/N-ethyl adjacent to an activating group) is 1. The van der Waals surface area contributed by atoms with Gasteiger partial charge in [-0.3, -0.25) is 9.59 Å². The van der Waals surface area contributed by atoms with Gasteiger partial charge in [-0.1, -0.05) is 20.8 Å². The van der Waals surface area contributed by atoms with Crippen LogP contribution < -0.4 is 5.32 Å². The highest BCUT2D eigenvalue weighted by Gasteiger charge is 2.26. The van der Waals surface area contributed by atoms with Crippen LogP contribution in [0.25, 0.3) is 0 Å². The summed E-state index contributed by atoms with van der Waals surface area (Å²) < 4.78 is 0. The van der Waals surface area contributed by atoms with E-state index in [1.54, 1.807) is 4.90 Å². The Morgan fingerprint density at radius 3 is 2.24 bits per heavy atom. The van der Waals surface area contributed by atoms with Crippen LogP contribution in [0.3, 0.4) is 0 Å². The molecule has 5 nitrogen and oxygen atoms in total. The Kier molecular flexibility index (Phi) is 6.80. The zero-order chi connectivity index (χ0) is 13.5. The highest BCUT2D eigenvalue weighted by Crippen LogP contribution is 2.17. The summed E-state index contributed by atoms with van der Waals surface area (Å²) in [6.45, 7) is 7.46. The Labute approximate surface area is 103 Å². The highest BCUT2D eigenvalue weighted by molar-refractivity contribution is 5.81. The number of nitrogens with zero attached hydrogens (tertiary/aromatic N) is 1. The van der Waals surface area contributed by atoms with Gasteiger partial charge in [-0.15, -0.1) is 0 Å². The van der Waals surface area contributed by atoms with Crippen molar-refractivity contribution in [2.75, 3.05) is 26.7 Å². The molecular formula is C12H24N2O3. The molecule has 0 aromatic heterocycles. The fourth-order valence-electron chi connectivity index (χ4n) is 1.46. The van der Waals surface area contributed by atoms with E-state index in [2.05, 4.69) is 5.32 Å². The summed E-state index contributed by atoms with van der Waals surface area (Å²) in [6, 6.07) is 0. The fraction of sp³-hybridized carbons (Fsp3) is 0.833. The maximum atomic E-state index is 12.1. The second-order valence-corrected chi connectivity index (χ2v) is 5.14. The molecule has 0 bridgehead atoms. The molecule has 0 aliphatic heterocycles. The van der Waals surface area contributed by atoms with Crippen LogP contribution in [0.1, 0.15) is 33.6 Å². The first-order valence-corrected chi connectivity index (χ1v) is 5.95. The van der Waals surface area contributed by atoms with Gasteiger partial charge in [0.1, 0.15) is 0 Å². The van der Waals surface area contributed by atoms with Crippen molar-refractivity contribution < 1.29 is 14.7 Å². The highest BCUT2D eigenvalue weighted by atomic mass is 16.4. The molecule has 5 heteroatoms. The van der Waals surface area contributed by atoms with Crippen molar-refractivity contribution in [1.82, 2.24) is 10.2 Å². The number of hydrogen-bond donors (Lipinski definition) is 2. The van der Waals surface area contributed by atoms with E-state index >= 15 is 0 Å². The number of amides is 1. The summed E-state index contributed by atoms with van der Waals surface area (Å²) in [7, 11) is 1.83. The van der Waals surface area contributed by atoms with Crippen LogP contribution in [0.4, 0.5) is 0 Å². The molecule has 0 aliphatic carbocycles. The Balaban J connectivity index is 4.32. The van der Waals surface area contributed by atoms with Crippen LogP contribution in [0.2, 0.25) is 0 Å². The minimum Gasteiger partial charge on any atom is -0.481 e. The van der Waals surface area contributed by atoms with Crippen molar-refractivity contribution in [1.29, 1.82) is 0 Å². The maximum Gasteiger partial charge on any atom is 0.303 e. The van der Waals surface area contributed by atoms with Crippen molar-refractivity contribution in [3.8, 4) is 0 Å². The molecule has 0 unspecified atom stereocenters. The molecule has 0 saturated carbocycles. The number of carboxylic acids is 1. The van der Waals surface area contributed by atoms with E-state index in [9.17, 15) is 9.59 Å². The first-order chi connectivity index (χ1) is 7.79. The molecule has 0 radical (unpaired) electrons. The standard InChI is InChI=1S/C12H24N2O3/c1-12(2,3)11(17)14(9-7-13-4)8-5-6-10(15)16/h13H,5-9H2,1-4H3,(H,15,16). The minimum atomic E-state index is -0.818. The van der Waals surface area contributed by atoms with Crippen molar-refractivity contribution in [3.05, 3.63) is 0 Å². The molecule has 0 saturated heterocycles. The second kappa shape index (κ2) is 7.27. The lowest BCUT2D eigenvalue weighted by atomic mass is 9.94. The van der Waals surface area contributed by atoms with Gasteiger partial charge in [0.2, 0.25) is 5.91 Å². The van der Waals surface area contributed by atoms with Crippen molar-refractivity contribution in [3.63, 3.8) is 0 Å². The molecule has 2 N–H and O–H groups in total. The Bertz CT molecular complexity index is 259. The van der Waals surface area contributed by atoms with Crippen molar-refractivity contribution in [2.24, 2.45) is 5.41 Å². The van der Waals surface area contributed by atoms with Crippen molar-refractivity contribution in [2.45, 2.75) is 33.6 Å². The zero-order valence-electron chi connectivity index (χ0n) is 11.2. The Morgan fingerprint density at radius 2 is 1.82 bits per heavy atom. The van der Waals surface area contributed by atoms with E-state index in [1.165, 1.54) is 0 Å². The smallest absolute Gasteiger partial charge is 0.303 e. The van der Waals surface area contributed by atoms with Crippen LogP contribution in [-0.4, -0.2) is 48.6 Å². The molecule has 0 spiro atoms. The third kappa shape index (κ3) is 6.94. The molecule has 0 aliphatic rings. The summed E-state index contributed by atoms with van der Waals surface area (Å²) in [6.07, 6.45) is 0.606. The first-order valence-electron chi connectivity index (χ1n) is 5.95. The van der Waals surface area contributed by atoms with E-state index in [0.717, 1.165) is 6.54 Å². The van der Waals surface area contributed by atoms with Crippen LogP contribution in [0, 0.1) is 5.41 Å². The molecule has 0 heterocycles. The summed E-state index contributed by atoms with van der Waals surface area (Å²) in [5.74, 6) is -0.750. The SMILES string of the molecule is CNCCN(CCCC(=O)O)C(=O)C(C)(C)C. The Hall–Kier alpha value is -1.10. The topological polar surface area (TPSA) is 69.6 Å².